The number of halogens is 2. The summed E-state index contributed by atoms with van der Waals surface area (Å²) in [6, 6.07) is 42.0. The number of likely N-dealkylation sites (N-methyl/N-ethyl adjacent to an activating group) is 1. The van der Waals surface area contributed by atoms with Gasteiger partial charge < -0.3 is 30.7 Å². The highest BCUT2D eigenvalue weighted by atomic mass is 35.5. The van der Waals surface area contributed by atoms with E-state index in [1.54, 1.807) is 35.2 Å². The van der Waals surface area contributed by atoms with Gasteiger partial charge in [-0.05, 0) is 113 Å². The van der Waals surface area contributed by atoms with Crippen LogP contribution in [0.2, 0.25) is 5.15 Å². The maximum atomic E-state index is 6.04. The molecule has 4 aliphatic heterocycles. The largest absolute Gasteiger partial charge is 0.353 e. The molecule has 20 rings (SSSR count). The fourth-order valence-corrected chi connectivity index (χ4v) is 22.2. The highest BCUT2D eigenvalue weighted by Gasteiger charge is 2.30. The first-order valence-corrected chi connectivity index (χ1v) is 44.6. The summed E-state index contributed by atoms with van der Waals surface area (Å²) in [5.74, 6) is 3.49. The number of nitrogens with two attached hydrogens (primary N) is 1. The summed E-state index contributed by atoms with van der Waals surface area (Å²) in [5.41, 5.74) is 18.5. The molecule has 12 heterocycles. The van der Waals surface area contributed by atoms with E-state index >= 15 is 0 Å². The fraction of sp³-hybridized carbons (Fsp3) is 0.438. The molecule has 4 fully saturated rings. The molecule has 4 saturated heterocycles. The van der Waals surface area contributed by atoms with Crippen molar-refractivity contribution in [3.8, 4) is 0 Å². The summed E-state index contributed by atoms with van der Waals surface area (Å²) in [4.78, 5) is 76.1. The number of rotatable bonds is 18. The SMILES string of the molecule is C.CN(C)CCN1CCN(c2ncnc3sc4c(c23)CCC4)CC1.Cl.Clc1ncnc2sc3c(c12)CCC3.NCCN1CCN(c2ncnc3sc4c(c23)CCC4)CC1.c1ccc(C(=NCCN2CCN(c3ncnc4sc5c(c34)CCC5)CC2)c2ccccc2)cc1.c1ccc(C(=NCCN2CCNCC2)c2ccccc2)cc1. The number of benzene rings is 4. The summed E-state index contributed by atoms with van der Waals surface area (Å²) in [5, 5.41) is 9.12. The Labute approximate surface area is 705 Å². The highest BCUT2D eigenvalue weighted by molar-refractivity contribution is 7.20. The third-order valence-corrected chi connectivity index (χ3v) is 28.1. The second-order valence-corrected chi connectivity index (χ2v) is 35.2. The van der Waals surface area contributed by atoms with Crippen LogP contribution in [0.3, 0.4) is 0 Å². The number of aryl methyl sites for hydroxylation is 8. The Morgan fingerprint density at radius 3 is 1.03 bits per heavy atom. The quantitative estimate of drug-likeness (QED) is 0.0608. The number of hydrogen-bond donors (Lipinski definition) is 2. The zero-order chi connectivity index (χ0) is 76.7. The average Bonchev–Trinajstić information content (AvgIpc) is 1.62. The second-order valence-electron chi connectivity index (χ2n) is 30.5. The maximum Gasteiger partial charge on any atom is 0.141 e. The van der Waals surface area contributed by atoms with Gasteiger partial charge >= 0.3 is 0 Å². The average molecular weight is 1660 g/mol. The molecule has 0 atom stereocenters. The van der Waals surface area contributed by atoms with Crippen molar-refractivity contribution in [2.45, 2.75) is 84.5 Å². The van der Waals surface area contributed by atoms with Crippen molar-refractivity contribution in [1.29, 1.82) is 0 Å². The van der Waals surface area contributed by atoms with Crippen LogP contribution in [0, 0.1) is 0 Å². The van der Waals surface area contributed by atoms with Gasteiger partial charge in [0.05, 0.1) is 46.1 Å². The zero-order valence-corrected chi connectivity index (χ0v) is 70.7. The number of fused-ring (bicyclic) bond motifs is 12. The lowest BCUT2D eigenvalue weighted by atomic mass is 10.0. The van der Waals surface area contributed by atoms with Gasteiger partial charge in [-0.2, -0.15) is 0 Å². The standard InChI is InChI=1S/C28H29N5S.C19H23N3.C17H25N5S.C15H21N5S.C9H7ClN2S.CH4.ClH/c1-3-8-21(9-4-1)26(22-10-5-2-6-11-22)29-14-15-32-16-18-33(19-17-32)27-25-23-12-7-13-24(23)34-28(25)31-20-30-27;1-3-7-17(8-4-1)19(18-9-5-2-6-10-18)21-13-16-22-14-11-20-12-15-22;1-20(2)6-7-21-8-10-22(11-9-21)16-15-13-4-3-5-14(13)23-17(15)19-12-18-16;16-4-5-19-6-8-20(9-7-19)14-13-11-2-1-3-12(11)21-15(13)18-10-17-14;10-8-7-5-2-1-3-6(5)13-9(7)12-4-11-8;;/h1-6,8-11,20H,7,12-19H2;1-10,20H,11-16H2;12H,3-11H2,1-2H3;10H,1-9,16H2;4H,1-3H2;1H4;1H. The van der Waals surface area contributed by atoms with Crippen LogP contribution in [-0.2, 0) is 51.4 Å². The van der Waals surface area contributed by atoms with Crippen molar-refractivity contribution < 1.29 is 0 Å². The molecule has 115 heavy (non-hydrogen) atoms. The number of piperazine rings is 4. The van der Waals surface area contributed by atoms with E-state index in [4.69, 9.17) is 32.3 Å². The van der Waals surface area contributed by atoms with Crippen molar-refractivity contribution in [3.63, 3.8) is 0 Å². The Bertz CT molecular complexity index is 5060. The molecular weight excluding hydrogens is 1550 g/mol. The molecule has 8 aromatic heterocycles. The van der Waals surface area contributed by atoms with E-state index in [9.17, 15) is 0 Å². The van der Waals surface area contributed by atoms with Gasteiger partial charge in [0, 0.05) is 186 Å². The monoisotopic (exact) mass is 1660 g/mol. The molecular formula is C89H110Cl2N20S4. The molecule has 0 unspecified atom stereocenters. The fourth-order valence-electron chi connectivity index (χ4n) is 17.0. The van der Waals surface area contributed by atoms with E-state index in [0.29, 0.717) is 5.15 Å². The number of anilines is 3. The van der Waals surface area contributed by atoms with Crippen molar-refractivity contribution in [2.24, 2.45) is 15.7 Å². The van der Waals surface area contributed by atoms with Gasteiger partial charge in [0.15, 0.2) is 0 Å². The summed E-state index contributed by atoms with van der Waals surface area (Å²) in [6.07, 6.45) is 21.4. The molecule has 4 aromatic carbocycles. The number of thiophene rings is 4. The molecule has 4 aliphatic carbocycles. The van der Waals surface area contributed by atoms with Gasteiger partial charge in [-0.25, -0.2) is 39.9 Å². The van der Waals surface area contributed by atoms with Gasteiger partial charge in [0.2, 0.25) is 0 Å². The van der Waals surface area contributed by atoms with Gasteiger partial charge in [-0.1, -0.05) is 140 Å². The first kappa shape index (κ1) is 83.6. The number of hydrogen-bond acceptors (Lipinski definition) is 24. The summed E-state index contributed by atoms with van der Waals surface area (Å²) in [7, 11) is 4.29. The number of aliphatic imine (C=N–C) groups is 2. The van der Waals surface area contributed by atoms with E-state index in [1.807, 2.05) is 46.1 Å². The lowest BCUT2D eigenvalue weighted by molar-refractivity contribution is 0.229. The number of nitrogens with zero attached hydrogens (tertiary/aromatic N) is 18. The van der Waals surface area contributed by atoms with Crippen LogP contribution in [0.4, 0.5) is 17.5 Å². The molecule has 0 radical (unpaired) electrons. The third kappa shape index (κ3) is 20.3. The van der Waals surface area contributed by atoms with Crippen LogP contribution in [0.15, 0.2) is 157 Å². The topological polar surface area (TPSA) is 192 Å². The van der Waals surface area contributed by atoms with Crippen molar-refractivity contribution in [2.75, 3.05) is 186 Å². The smallest absolute Gasteiger partial charge is 0.141 e. The Morgan fingerprint density at radius 2 is 0.696 bits per heavy atom. The molecule has 0 saturated carbocycles. The van der Waals surface area contributed by atoms with E-state index in [1.165, 1.54) is 173 Å². The molecule has 26 heteroatoms. The minimum absolute atomic E-state index is 0. The van der Waals surface area contributed by atoms with Gasteiger partial charge in [-0.15, -0.1) is 57.8 Å². The second kappa shape index (κ2) is 41.0. The van der Waals surface area contributed by atoms with E-state index in [-0.39, 0.29) is 19.8 Å². The summed E-state index contributed by atoms with van der Waals surface area (Å²) < 4.78 is 0. The van der Waals surface area contributed by atoms with Crippen LogP contribution in [0.25, 0.3) is 40.9 Å². The van der Waals surface area contributed by atoms with Crippen molar-refractivity contribution >= 4 is 139 Å². The van der Waals surface area contributed by atoms with E-state index in [0.717, 1.165) is 197 Å². The Morgan fingerprint density at radius 1 is 0.391 bits per heavy atom. The van der Waals surface area contributed by atoms with Crippen LogP contribution in [-0.4, -0.2) is 247 Å². The van der Waals surface area contributed by atoms with Crippen LogP contribution in [0.1, 0.15) is 97.1 Å². The predicted octanol–water partition coefficient (Wildman–Crippen LogP) is 14.3. The summed E-state index contributed by atoms with van der Waals surface area (Å²) in [6.45, 7) is 24.9. The molecule has 12 aromatic rings. The van der Waals surface area contributed by atoms with Gasteiger partial charge in [0.25, 0.3) is 0 Å². The lowest BCUT2D eigenvalue weighted by Crippen LogP contribution is -2.48. The van der Waals surface area contributed by atoms with E-state index in [2.05, 4.69) is 203 Å². The van der Waals surface area contributed by atoms with Crippen LogP contribution < -0.4 is 25.8 Å². The molecule has 20 nitrogen and oxygen atoms in total. The maximum absolute atomic E-state index is 6.04. The van der Waals surface area contributed by atoms with Crippen LogP contribution >= 0.6 is 69.4 Å². The first-order chi connectivity index (χ1) is 55.7. The molecule has 3 N–H and O–H groups in total. The Hall–Kier alpha value is -7.92. The molecule has 604 valence electrons. The van der Waals surface area contributed by atoms with Gasteiger partial charge in [-0.3, -0.25) is 29.6 Å². The minimum atomic E-state index is 0. The third-order valence-electron chi connectivity index (χ3n) is 23.0. The number of nitrogens with one attached hydrogen (secondary N) is 1. The zero-order valence-electron chi connectivity index (χ0n) is 65.9. The Balaban J connectivity index is 0.000000122. The van der Waals surface area contributed by atoms with E-state index < -0.39 is 0 Å². The summed E-state index contributed by atoms with van der Waals surface area (Å²) >= 11 is 13.4. The van der Waals surface area contributed by atoms with Gasteiger partial charge in [0.1, 0.15) is 67.2 Å². The lowest BCUT2D eigenvalue weighted by Gasteiger charge is -2.36. The normalized spacial score (nSPS) is 16.8. The molecule has 0 spiro atoms. The minimum Gasteiger partial charge on any atom is -0.353 e. The van der Waals surface area contributed by atoms with Crippen molar-refractivity contribution in [3.05, 3.63) is 216 Å². The molecule has 8 aliphatic rings. The molecule has 0 amide bonds. The first-order valence-electron chi connectivity index (χ1n) is 40.9. The highest BCUT2D eigenvalue weighted by Crippen LogP contribution is 2.44. The van der Waals surface area contributed by atoms with Crippen LogP contribution in [0.5, 0.6) is 0 Å². The molecule has 0 bridgehead atoms. The van der Waals surface area contributed by atoms with Crippen molar-refractivity contribution in [1.82, 2.24) is 69.7 Å². The predicted molar refractivity (Wildman–Crippen MR) is 486 cm³/mol. The number of aromatic nitrogens is 8. The Kier molecular flexibility index (Phi) is 29.8.